The van der Waals surface area contributed by atoms with E-state index in [9.17, 15) is 22.8 Å². The molecule has 3 amide bonds. The fourth-order valence-electron chi connectivity index (χ4n) is 6.57. The van der Waals surface area contributed by atoms with Gasteiger partial charge in [-0.15, -0.1) is 0 Å². The molecule has 1 unspecified atom stereocenters. The van der Waals surface area contributed by atoms with E-state index >= 15 is 0 Å². The van der Waals surface area contributed by atoms with Crippen LogP contribution in [-0.4, -0.2) is 61.1 Å². The number of hydrogen-bond donors (Lipinski definition) is 4. The first-order valence-corrected chi connectivity index (χ1v) is 17.7. The number of benzene rings is 3. The van der Waals surface area contributed by atoms with Crippen LogP contribution in [0.1, 0.15) is 77.7 Å². The van der Waals surface area contributed by atoms with Crippen molar-refractivity contribution in [3.05, 3.63) is 99.0 Å². The zero-order chi connectivity index (χ0) is 33.2. The highest BCUT2D eigenvalue weighted by molar-refractivity contribution is 7.88. The van der Waals surface area contributed by atoms with E-state index in [-0.39, 0.29) is 16.8 Å². The number of carbonyl (C=O) groups excluding carboxylic acids is 3. The van der Waals surface area contributed by atoms with Crippen LogP contribution < -0.4 is 15.4 Å². The average molecular weight is 688 g/mol. The molecule has 5 atom stereocenters. The van der Waals surface area contributed by atoms with E-state index in [1.165, 1.54) is 0 Å². The molecule has 4 N–H and O–H groups in total. The van der Waals surface area contributed by atoms with Crippen LogP contribution in [-0.2, 0) is 19.6 Å². The number of sulfonamides is 1. The van der Waals surface area contributed by atoms with Gasteiger partial charge in [0.15, 0.2) is 0 Å². The summed E-state index contributed by atoms with van der Waals surface area (Å²) >= 11 is 13.1. The van der Waals surface area contributed by atoms with Crippen molar-refractivity contribution in [1.82, 2.24) is 14.9 Å². The quantitative estimate of drug-likeness (QED) is 0.251. The third kappa shape index (κ3) is 7.39. The van der Waals surface area contributed by atoms with E-state index in [1.54, 1.807) is 71.6 Å². The van der Waals surface area contributed by atoms with Gasteiger partial charge in [-0.2, -0.15) is 0 Å². The molecule has 0 saturated heterocycles. The highest BCUT2D eigenvalue weighted by atomic mass is 35.5. The zero-order valence-electron chi connectivity index (χ0n) is 25.4. The molecule has 1 fully saturated rings. The van der Waals surface area contributed by atoms with Gasteiger partial charge in [0, 0.05) is 33.4 Å². The first-order chi connectivity index (χ1) is 21.9. The lowest BCUT2D eigenvalue weighted by molar-refractivity contribution is -0.125. The number of carbonyl (C=O) groups is 3. The number of amides is 3. The predicted octanol–water partition coefficient (Wildman–Crippen LogP) is 4.94. The lowest BCUT2D eigenvalue weighted by Crippen LogP contribution is -2.59. The van der Waals surface area contributed by atoms with Crippen LogP contribution in [0.4, 0.5) is 5.69 Å². The summed E-state index contributed by atoms with van der Waals surface area (Å²) in [4.78, 5) is 42.1. The van der Waals surface area contributed by atoms with Crippen LogP contribution in [0.25, 0.3) is 0 Å². The van der Waals surface area contributed by atoms with Gasteiger partial charge in [-0.25, -0.2) is 13.1 Å². The number of anilines is 1. The van der Waals surface area contributed by atoms with Crippen molar-refractivity contribution in [2.75, 3.05) is 18.2 Å². The Labute approximate surface area is 278 Å². The summed E-state index contributed by atoms with van der Waals surface area (Å²) in [5.41, 5.74) is 2.69. The van der Waals surface area contributed by atoms with Crippen LogP contribution in [0.5, 0.6) is 0 Å². The van der Waals surface area contributed by atoms with Crippen LogP contribution >= 0.6 is 23.2 Å². The largest absolute Gasteiger partial charge is 0.387 e. The first-order valence-electron chi connectivity index (χ1n) is 15.0. The lowest BCUT2D eigenvalue weighted by atomic mass is 9.76. The number of fused-ring (bicyclic) bond motifs is 1. The minimum absolute atomic E-state index is 0.282. The maximum atomic E-state index is 14.5. The van der Waals surface area contributed by atoms with Crippen molar-refractivity contribution < 1.29 is 27.9 Å². The topological polar surface area (TPSA) is 145 Å². The van der Waals surface area contributed by atoms with Gasteiger partial charge in [-0.3, -0.25) is 14.4 Å². The van der Waals surface area contributed by atoms with Crippen molar-refractivity contribution in [3.8, 4) is 0 Å². The summed E-state index contributed by atoms with van der Waals surface area (Å²) in [7, 11) is -3.60. The van der Waals surface area contributed by atoms with Crippen molar-refractivity contribution >= 4 is 56.6 Å². The Kier molecular flexibility index (Phi) is 10.4. The van der Waals surface area contributed by atoms with Crippen molar-refractivity contribution in [1.29, 1.82) is 0 Å². The SMILES string of the molecule is CC(NC(=O)[C@@H]1c2ccccc2C(=O)N([C@H]2CCCC[C@@H]2NS(C)(=O)=O)[C@H]1c1ccc(Cl)cc1Cl)c1ccc(NC(=O)CO)cc1. The molecular formula is C33H36Cl2N4O6S. The van der Waals surface area contributed by atoms with Gasteiger partial charge in [0.25, 0.3) is 5.91 Å². The Bertz CT molecular complexity index is 1740. The Morgan fingerprint density at radius 2 is 1.70 bits per heavy atom. The van der Waals surface area contributed by atoms with Crippen LogP contribution in [0.15, 0.2) is 66.7 Å². The van der Waals surface area contributed by atoms with Gasteiger partial charge in [0.05, 0.1) is 24.3 Å². The Balaban J connectivity index is 1.58. The fourth-order valence-corrected chi connectivity index (χ4v) is 7.92. The van der Waals surface area contributed by atoms with Crippen molar-refractivity contribution in [2.45, 2.75) is 62.7 Å². The zero-order valence-corrected chi connectivity index (χ0v) is 27.7. The van der Waals surface area contributed by atoms with Crippen LogP contribution in [0.3, 0.4) is 0 Å². The molecule has 2 aliphatic rings. The second-order valence-electron chi connectivity index (χ2n) is 11.8. The molecule has 1 heterocycles. The molecule has 46 heavy (non-hydrogen) atoms. The van der Waals surface area contributed by atoms with Gasteiger partial charge >= 0.3 is 0 Å². The highest BCUT2D eigenvalue weighted by Gasteiger charge is 2.49. The monoisotopic (exact) mass is 686 g/mol. The van der Waals surface area contributed by atoms with Gasteiger partial charge in [0.2, 0.25) is 21.8 Å². The molecular weight excluding hydrogens is 651 g/mol. The maximum Gasteiger partial charge on any atom is 0.255 e. The Hall–Kier alpha value is -3.48. The second kappa shape index (κ2) is 14.1. The smallest absolute Gasteiger partial charge is 0.255 e. The number of nitrogens with zero attached hydrogens (tertiary/aromatic N) is 1. The van der Waals surface area contributed by atoms with Gasteiger partial charge in [-0.1, -0.05) is 72.4 Å². The van der Waals surface area contributed by atoms with E-state index in [0.29, 0.717) is 40.2 Å². The summed E-state index contributed by atoms with van der Waals surface area (Å²) in [5.74, 6) is -2.10. The molecule has 10 nitrogen and oxygen atoms in total. The molecule has 3 aromatic carbocycles. The van der Waals surface area contributed by atoms with Crippen molar-refractivity contribution in [3.63, 3.8) is 0 Å². The van der Waals surface area contributed by atoms with E-state index in [4.69, 9.17) is 28.3 Å². The Morgan fingerprint density at radius 1 is 1.00 bits per heavy atom. The third-order valence-electron chi connectivity index (χ3n) is 8.59. The number of nitrogens with one attached hydrogen (secondary N) is 3. The summed E-state index contributed by atoms with van der Waals surface area (Å²) in [6, 6.07) is 16.4. The molecule has 244 valence electrons. The van der Waals surface area contributed by atoms with Gasteiger partial charge in [0.1, 0.15) is 6.61 Å². The molecule has 0 spiro atoms. The third-order valence-corrected chi connectivity index (χ3v) is 9.88. The number of halogens is 2. The molecule has 3 aromatic rings. The first kappa shape index (κ1) is 33.9. The summed E-state index contributed by atoms with van der Waals surface area (Å²) in [6.07, 6.45) is 3.74. The molecule has 0 radical (unpaired) electrons. The molecule has 1 aliphatic carbocycles. The number of aliphatic hydroxyl groups is 1. The second-order valence-corrected chi connectivity index (χ2v) is 14.4. The van der Waals surface area contributed by atoms with E-state index in [0.717, 1.165) is 24.7 Å². The fraction of sp³-hybridized carbons (Fsp3) is 0.364. The minimum Gasteiger partial charge on any atom is -0.387 e. The minimum atomic E-state index is -3.60. The van der Waals surface area contributed by atoms with E-state index in [2.05, 4.69) is 15.4 Å². The standard InChI is InChI=1S/C33H36Cl2N4O6S/c1-19(20-11-14-22(15-12-20)37-29(41)18-40)36-32(42)30-23-7-3-4-8-24(23)33(43)39(31(30)25-16-13-21(34)17-26(25)35)28-10-6-5-9-27(28)38-46(2,44)45/h3-4,7-8,11-17,19,27-28,30-31,38,40H,5-6,9-10,18H2,1-2H3,(H,36,42)(H,37,41)/t19?,27-,28-,30+,31-/m0/s1. The summed E-state index contributed by atoms with van der Waals surface area (Å²) in [6.45, 7) is 1.19. The molecule has 13 heteroatoms. The molecule has 0 bridgehead atoms. The molecule has 5 rings (SSSR count). The van der Waals surface area contributed by atoms with Gasteiger partial charge < -0.3 is 20.6 Å². The maximum absolute atomic E-state index is 14.5. The number of rotatable bonds is 9. The predicted molar refractivity (Wildman–Crippen MR) is 177 cm³/mol. The summed E-state index contributed by atoms with van der Waals surface area (Å²) < 4.78 is 27.6. The highest BCUT2D eigenvalue weighted by Crippen LogP contribution is 2.48. The molecule has 0 aromatic heterocycles. The van der Waals surface area contributed by atoms with Crippen LogP contribution in [0.2, 0.25) is 10.0 Å². The molecule has 1 aliphatic heterocycles. The molecule has 1 saturated carbocycles. The normalized spacial score (nSPS) is 22.1. The van der Waals surface area contributed by atoms with E-state index < -0.39 is 52.6 Å². The number of aliphatic hydroxyl groups excluding tert-OH is 1. The van der Waals surface area contributed by atoms with Gasteiger partial charge in [-0.05, 0) is 66.8 Å². The lowest BCUT2D eigenvalue weighted by Gasteiger charge is -2.49. The van der Waals surface area contributed by atoms with Crippen LogP contribution in [0, 0.1) is 0 Å². The van der Waals surface area contributed by atoms with Crippen molar-refractivity contribution in [2.24, 2.45) is 0 Å². The summed E-state index contributed by atoms with van der Waals surface area (Å²) in [5, 5.41) is 15.4. The average Bonchev–Trinajstić information content (AvgIpc) is 3.01. The Morgan fingerprint density at radius 3 is 2.37 bits per heavy atom. The number of hydrogen-bond acceptors (Lipinski definition) is 6. The van der Waals surface area contributed by atoms with E-state index in [1.807, 2.05) is 6.92 Å².